The van der Waals surface area contributed by atoms with E-state index in [0.29, 0.717) is 30.8 Å². The summed E-state index contributed by atoms with van der Waals surface area (Å²) in [5.41, 5.74) is 7.28. The van der Waals surface area contributed by atoms with Gasteiger partial charge < -0.3 is 20.9 Å². The molecule has 0 radical (unpaired) electrons. The van der Waals surface area contributed by atoms with E-state index in [1.165, 1.54) is 4.31 Å². The number of nitrogens with zero attached hydrogens (tertiary/aromatic N) is 1. The Bertz CT molecular complexity index is 1040. The lowest BCUT2D eigenvalue weighted by molar-refractivity contribution is 0.0845. The highest BCUT2D eigenvalue weighted by Crippen LogP contribution is 2.29. The van der Waals surface area contributed by atoms with E-state index in [9.17, 15) is 18.3 Å². The van der Waals surface area contributed by atoms with Gasteiger partial charge in [-0.25, -0.2) is 8.42 Å². The van der Waals surface area contributed by atoms with Crippen LogP contribution >= 0.6 is 0 Å². The summed E-state index contributed by atoms with van der Waals surface area (Å²) >= 11 is 0. The Kier molecular flexibility index (Phi) is 8.34. The lowest BCUT2D eigenvalue weighted by Gasteiger charge is -2.29. The summed E-state index contributed by atoms with van der Waals surface area (Å²) in [5.74, 6) is 0.0479. The van der Waals surface area contributed by atoms with Gasteiger partial charge in [-0.1, -0.05) is 30.3 Å². The molecule has 1 saturated heterocycles. The third-order valence-electron chi connectivity index (χ3n) is 5.48. The zero-order valence-corrected chi connectivity index (χ0v) is 19.9. The monoisotopic (exact) mass is 475 g/mol. The number of nitrogens with one attached hydrogen (secondary N) is 1. The second-order valence-electron chi connectivity index (χ2n) is 8.55. The molecule has 2 aromatic rings. The minimum absolute atomic E-state index is 0.00838. The quantitative estimate of drug-likeness (QED) is 0.510. The maximum absolute atomic E-state index is 13.2. The number of hydrogen-bond donors (Lipinski definition) is 3. The molecule has 1 amide bonds. The minimum atomic E-state index is -3.46. The highest BCUT2D eigenvalue weighted by atomic mass is 32.2. The Balaban J connectivity index is 1.91. The van der Waals surface area contributed by atoms with E-state index in [1.54, 1.807) is 18.2 Å². The van der Waals surface area contributed by atoms with Gasteiger partial charge in [0.15, 0.2) is 0 Å². The molecule has 9 heteroatoms. The first-order valence-corrected chi connectivity index (χ1v) is 12.9. The molecule has 0 bridgehead atoms. The molecular weight excluding hydrogens is 442 g/mol. The van der Waals surface area contributed by atoms with E-state index < -0.39 is 28.1 Å². The van der Waals surface area contributed by atoms with Crippen molar-refractivity contribution in [3.8, 4) is 5.75 Å². The molecule has 1 heterocycles. The van der Waals surface area contributed by atoms with Gasteiger partial charge in [-0.15, -0.1) is 0 Å². The second-order valence-corrected chi connectivity index (χ2v) is 10.6. The van der Waals surface area contributed by atoms with Crippen LogP contribution in [0.15, 0.2) is 48.5 Å². The van der Waals surface area contributed by atoms with Gasteiger partial charge in [0.2, 0.25) is 10.0 Å². The Morgan fingerprint density at radius 1 is 1.18 bits per heavy atom. The zero-order chi connectivity index (χ0) is 24.0. The molecule has 0 saturated carbocycles. The fraction of sp³-hybridized carbons (Fsp3) is 0.458. The molecule has 1 aliphatic rings. The Labute approximate surface area is 195 Å². The Morgan fingerprint density at radius 2 is 1.91 bits per heavy atom. The maximum atomic E-state index is 13.2. The van der Waals surface area contributed by atoms with Crippen molar-refractivity contribution in [1.82, 2.24) is 5.32 Å². The van der Waals surface area contributed by atoms with Crippen LogP contribution in [0.3, 0.4) is 0 Å². The number of ether oxygens (including phenoxy) is 1. The number of sulfonamides is 1. The van der Waals surface area contributed by atoms with Gasteiger partial charge in [0.1, 0.15) is 5.75 Å². The standard InChI is InChI=1S/C24H33N3O5S/c1-17(2)32-21-14-19(13-20(15-21)27-10-6-7-11-33(27,30)31)24(29)26-22(23(28)16-25)12-18-8-4-3-5-9-18/h3-5,8-9,13-15,17,22-23,28H,6-7,10-12,16,25H2,1-2H3,(H,26,29)/t22-,23+/m0/s1. The van der Waals surface area contributed by atoms with E-state index in [4.69, 9.17) is 10.5 Å². The molecule has 8 nitrogen and oxygen atoms in total. The van der Waals surface area contributed by atoms with Crippen molar-refractivity contribution in [2.24, 2.45) is 5.73 Å². The lowest BCUT2D eigenvalue weighted by Crippen LogP contribution is -2.47. The molecule has 0 spiro atoms. The number of nitrogens with two attached hydrogens (primary N) is 1. The Hall–Kier alpha value is -2.62. The summed E-state index contributed by atoms with van der Waals surface area (Å²) in [5, 5.41) is 13.3. The fourth-order valence-electron chi connectivity index (χ4n) is 3.84. The molecule has 1 aliphatic heterocycles. The van der Waals surface area contributed by atoms with Crippen LogP contribution in [0.4, 0.5) is 5.69 Å². The molecular formula is C24H33N3O5S. The van der Waals surface area contributed by atoms with Gasteiger partial charge in [-0.05, 0) is 50.8 Å². The summed E-state index contributed by atoms with van der Waals surface area (Å²) in [6, 6.07) is 13.7. The van der Waals surface area contributed by atoms with Gasteiger partial charge >= 0.3 is 0 Å². The average Bonchev–Trinajstić information content (AvgIpc) is 2.77. The van der Waals surface area contributed by atoms with Crippen molar-refractivity contribution in [2.45, 2.75) is 51.4 Å². The molecule has 0 unspecified atom stereocenters. The third-order valence-corrected chi connectivity index (χ3v) is 7.35. The number of rotatable bonds is 9. The normalized spacial score (nSPS) is 17.4. The number of anilines is 1. The van der Waals surface area contributed by atoms with Crippen molar-refractivity contribution in [2.75, 3.05) is 23.1 Å². The highest BCUT2D eigenvalue weighted by molar-refractivity contribution is 7.92. The van der Waals surface area contributed by atoms with Crippen LogP contribution in [-0.2, 0) is 16.4 Å². The summed E-state index contributed by atoms with van der Waals surface area (Å²) in [7, 11) is -3.46. The topological polar surface area (TPSA) is 122 Å². The number of carbonyl (C=O) groups is 1. The van der Waals surface area contributed by atoms with Crippen molar-refractivity contribution in [1.29, 1.82) is 0 Å². The van der Waals surface area contributed by atoms with E-state index in [1.807, 2.05) is 44.2 Å². The van der Waals surface area contributed by atoms with Gasteiger partial charge in [0, 0.05) is 24.7 Å². The van der Waals surface area contributed by atoms with Crippen LogP contribution in [0.1, 0.15) is 42.6 Å². The van der Waals surface area contributed by atoms with Crippen LogP contribution < -0.4 is 20.1 Å². The second kappa shape index (κ2) is 11.0. The van der Waals surface area contributed by atoms with Gasteiger partial charge in [-0.3, -0.25) is 9.10 Å². The summed E-state index contributed by atoms with van der Waals surface area (Å²) in [4.78, 5) is 13.2. The minimum Gasteiger partial charge on any atom is -0.491 e. The Morgan fingerprint density at radius 3 is 2.55 bits per heavy atom. The van der Waals surface area contributed by atoms with E-state index in [-0.39, 0.29) is 24.0 Å². The molecule has 0 aromatic heterocycles. The molecule has 2 aromatic carbocycles. The number of aliphatic hydroxyl groups excluding tert-OH is 1. The predicted octanol–water partition coefficient (Wildman–Crippen LogP) is 2.06. The smallest absolute Gasteiger partial charge is 0.251 e. The molecule has 33 heavy (non-hydrogen) atoms. The largest absolute Gasteiger partial charge is 0.491 e. The third kappa shape index (κ3) is 6.69. The van der Waals surface area contributed by atoms with Crippen molar-refractivity contribution < 1.29 is 23.1 Å². The number of aliphatic hydroxyl groups is 1. The van der Waals surface area contributed by atoms with Crippen molar-refractivity contribution in [3.63, 3.8) is 0 Å². The summed E-state index contributed by atoms with van der Waals surface area (Å²) in [6.45, 7) is 4.07. The molecule has 4 N–H and O–H groups in total. The molecule has 3 rings (SSSR count). The number of benzene rings is 2. The van der Waals surface area contributed by atoms with E-state index in [2.05, 4.69) is 5.32 Å². The molecule has 180 valence electrons. The first-order valence-electron chi connectivity index (χ1n) is 11.2. The van der Waals surface area contributed by atoms with Gasteiger partial charge in [0.25, 0.3) is 5.91 Å². The van der Waals surface area contributed by atoms with Gasteiger partial charge in [-0.2, -0.15) is 0 Å². The van der Waals surface area contributed by atoms with Crippen LogP contribution in [0.5, 0.6) is 5.75 Å². The summed E-state index contributed by atoms with van der Waals surface area (Å²) < 4.78 is 32.4. The maximum Gasteiger partial charge on any atom is 0.251 e. The first-order chi connectivity index (χ1) is 15.7. The fourth-order valence-corrected chi connectivity index (χ4v) is 5.47. The van der Waals surface area contributed by atoms with E-state index >= 15 is 0 Å². The first kappa shape index (κ1) is 25.0. The number of carbonyl (C=O) groups excluding carboxylic acids is 1. The van der Waals surface area contributed by atoms with E-state index in [0.717, 1.165) is 12.0 Å². The number of hydrogen-bond acceptors (Lipinski definition) is 6. The average molecular weight is 476 g/mol. The molecule has 2 atom stereocenters. The lowest BCUT2D eigenvalue weighted by atomic mass is 10.0. The summed E-state index contributed by atoms with van der Waals surface area (Å²) in [6.07, 6.45) is 0.676. The predicted molar refractivity (Wildman–Crippen MR) is 129 cm³/mol. The van der Waals surface area contributed by atoms with Crippen LogP contribution in [0, 0.1) is 0 Å². The molecule has 1 fully saturated rings. The van der Waals surface area contributed by atoms with Gasteiger partial charge in [0.05, 0.1) is 29.7 Å². The van der Waals surface area contributed by atoms with Crippen LogP contribution in [0.25, 0.3) is 0 Å². The number of amides is 1. The molecule has 0 aliphatic carbocycles. The highest BCUT2D eigenvalue weighted by Gasteiger charge is 2.28. The van der Waals surface area contributed by atoms with Crippen molar-refractivity contribution >= 4 is 21.6 Å². The van der Waals surface area contributed by atoms with Crippen LogP contribution in [0.2, 0.25) is 0 Å². The van der Waals surface area contributed by atoms with Crippen LogP contribution in [-0.4, -0.2) is 56.5 Å². The SMILES string of the molecule is CC(C)Oc1cc(C(=O)N[C@@H](Cc2ccccc2)[C@H](O)CN)cc(N2CCCCS2(=O)=O)c1. The van der Waals surface area contributed by atoms with Crippen molar-refractivity contribution in [3.05, 3.63) is 59.7 Å². The zero-order valence-electron chi connectivity index (χ0n) is 19.1.